The van der Waals surface area contributed by atoms with E-state index >= 15 is 0 Å². The molecule has 0 aromatic heterocycles. The van der Waals surface area contributed by atoms with E-state index in [0.717, 1.165) is 5.56 Å². The predicted octanol–water partition coefficient (Wildman–Crippen LogP) is 4.06. The standard InChI is InChI=1S/C16H24FN/c17-15-11-7-6-10-14(15)12-16(18)13-8-4-2-1-3-5-9-13/h6-7,10-11,13,16H,1-5,8-9,12,18H2. The van der Waals surface area contributed by atoms with Crippen LogP contribution in [-0.4, -0.2) is 6.04 Å². The first-order chi connectivity index (χ1) is 8.77. The molecule has 0 aliphatic heterocycles. The van der Waals surface area contributed by atoms with Gasteiger partial charge in [-0.15, -0.1) is 0 Å². The Balaban J connectivity index is 1.93. The quantitative estimate of drug-likeness (QED) is 0.859. The average molecular weight is 249 g/mol. The van der Waals surface area contributed by atoms with Gasteiger partial charge in [-0.3, -0.25) is 0 Å². The molecular weight excluding hydrogens is 225 g/mol. The third kappa shape index (κ3) is 3.81. The summed E-state index contributed by atoms with van der Waals surface area (Å²) in [6, 6.07) is 7.13. The lowest BCUT2D eigenvalue weighted by atomic mass is 9.84. The van der Waals surface area contributed by atoms with E-state index in [2.05, 4.69) is 0 Å². The minimum atomic E-state index is -0.112. The molecular formula is C16H24FN. The van der Waals surface area contributed by atoms with Crippen molar-refractivity contribution in [1.29, 1.82) is 0 Å². The molecule has 2 heteroatoms. The molecule has 1 aromatic carbocycles. The van der Waals surface area contributed by atoms with Crippen molar-refractivity contribution in [1.82, 2.24) is 0 Å². The highest BCUT2D eigenvalue weighted by molar-refractivity contribution is 5.18. The van der Waals surface area contributed by atoms with Crippen LogP contribution in [0.3, 0.4) is 0 Å². The molecule has 0 saturated heterocycles. The Morgan fingerprint density at radius 3 is 2.33 bits per heavy atom. The molecule has 1 atom stereocenters. The fraction of sp³-hybridized carbons (Fsp3) is 0.625. The van der Waals surface area contributed by atoms with Crippen molar-refractivity contribution in [3.8, 4) is 0 Å². The first-order valence-electron chi connectivity index (χ1n) is 7.26. The number of rotatable bonds is 3. The second-order valence-corrected chi connectivity index (χ2v) is 5.56. The van der Waals surface area contributed by atoms with Crippen LogP contribution in [0.15, 0.2) is 24.3 Å². The Morgan fingerprint density at radius 1 is 1.06 bits per heavy atom. The van der Waals surface area contributed by atoms with E-state index in [0.29, 0.717) is 12.3 Å². The lowest BCUT2D eigenvalue weighted by Gasteiger charge is -2.26. The van der Waals surface area contributed by atoms with E-state index in [9.17, 15) is 4.39 Å². The van der Waals surface area contributed by atoms with Crippen LogP contribution >= 0.6 is 0 Å². The van der Waals surface area contributed by atoms with Crippen molar-refractivity contribution in [2.24, 2.45) is 11.7 Å². The summed E-state index contributed by atoms with van der Waals surface area (Å²) in [5.74, 6) is 0.462. The van der Waals surface area contributed by atoms with Crippen LogP contribution in [0.4, 0.5) is 4.39 Å². The van der Waals surface area contributed by atoms with Crippen LogP contribution in [0.25, 0.3) is 0 Å². The third-order valence-corrected chi connectivity index (χ3v) is 4.17. The maximum absolute atomic E-state index is 13.6. The van der Waals surface area contributed by atoms with Gasteiger partial charge >= 0.3 is 0 Å². The number of hydrogen-bond donors (Lipinski definition) is 1. The van der Waals surface area contributed by atoms with Gasteiger partial charge in [0.05, 0.1) is 0 Å². The van der Waals surface area contributed by atoms with Crippen LogP contribution in [0, 0.1) is 11.7 Å². The van der Waals surface area contributed by atoms with Gasteiger partial charge in [0.25, 0.3) is 0 Å². The smallest absolute Gasteiger partial charge is 0.126 e. The minimum absolute atomic E-state index is 0.111. The zero-order chi connectivity index (χ0) is 12.8. The van der Waals surface area contributed by atoms with Gasteiger partial charge in [-0.2, -0.15) is 0 Å². The van der Waals surface area contributed by atoms with Gasteiger partial charge in [0, 0.05) is 6.04 Å². The van der Waals surface area contributed by atoms with Crippen molar-refractivity contribution < 1.29 is 4.39 Å². The summed E-state index contributed by atoms with van der Waals surface area (Å²) in [4.78, 5) is 0. The van der Waals surface area contributed by atoms with Crippen molar-refractivity contribution >= 4 is 0 Å². The molecule has 0 bridgehead atoms. The molecule has 1 saturated carbocycles. The summed E-state index contributed by atoms with van der Waals surface area (Å²) < 4.78 is 13.6. The van der Waals surface area contributed by atoms with Gasteiger partial charge in [0.2, 0.25) is 0 Å². The molecule has 0 amide bonds. The molecule has 0 radical (unpaired) electrons. The van der Waals surface area contributed by atoms with Crippen molar-refractivity contribution in [3.05, 3.63) is 35.6 Å². The summed E-state index contributed by atoms with van der Waals surface area (Å²) >= 11 is 0. The van der Waals surface area contributed by atoms with Crippen LogP contribution in [0.1, 0.15) is 50.5 Å². The molecule has 1 unspecified atom stereocenters. The third-order valence-electron chi connectivity index (χ3n) is 4.17. The molecule has 1 aliphatic carbocycles. The van der Waals surface area contributed by atoms with E-state index in [1.807, 2.05) is 12.1 Å². The SMILES string of the molecule is NC(Cc1ccccc1F)C1CCCCCCC1. The van der Waals surface area contributed by atoms with Crippen LogP contribution in [-0.2, 0) is 6.42 Å². The molecule has 1 aromatic rings. The Labute approximate surface area is 110 Å². The molecule has 2 rings (SSSR count). The molecule has 1 aliphatic rings. The van der Waals surface area contributed by atoms with E-state index in [-0.39, 0.29) is 11.9 Å². The fourth-order valence-electron chi connectivity index (χ4n) is 3.00. The van der Waals surface area contributed by atoms with E-state index in [1.165, 1.54) is 51.0 Å². The highest BCUT2D eigenvalue weighted by Crippen LogP contribution is 2.26. The Hall–Kier alpha value is -0.890. The largest absolute Gasteiger partial charge is 0.327 e. The van der Waals surface area contributed by atoms with Gasteiger partial charge in [0.1, 0.15) is 5.82 Å². The van der Waals surface area contributed by atoms with Crippen LogP contribution < -0.4 is 5.73 Å². The Bertz CT molecular complexity index is 356. The lowest BCUT2D eigenvalue weighted by Crippen LogP contribution is -2.33. The van der Waals surface area contributed by atoms with E-state index in [4.69, 9.17) is 5.73 Å². The van der Waals surface area contributed by atoms with Crippen molar-refractivity contribution in [2.45, 2.75) is 57.4 Å². The van der Waals surface area contributed by atoms with Crippen molar-refractivity contribution in [3.63, 3.8) is 0 Å². The second kappa shape index (κ2) is 6.89. The average Bonchev–Trinajstić information content (AvgIpc) is 2.31. The predicted molar refractivity (Wildman–Crippen MR) is 73.9 cm³/mol. The highest BCUT2D eigenvalue weighted by Gasteiger charge is 2.19. The maximum Gasteiger partial charge on any atom is 0.126 e. The second-order valence-electron chi connectivity index (χ2n) is 5.56. The highest BCUT2D eigenvalue weighted by atomic mass is 19.1. The van der Waals surface area contributed by atoms with E-state index in [1.54, 1.807) is 6.07 Å². The van der Waals surface area contributed by atoms with Gasteiger partial charge in [-0.05, 0) is 36.8 Å². The zero-order valence-electron chi connectivity index (χ0n) is 11.1. The van der Waals surface area contributed by atoms with Gasteiger partial charge in [-0.25, -0.2) is 4.39 Å². The Morgan fingerprint density at radius 2 is 1.67 bits per heavy atom. The summed E-state index contributed by atoms with van der Waals surface area (Å²) in [6.07, 6.45) is 9.73. The molecule has 0 heterocycles. The topological polar surface area (TPSA) is 26.0 Å². The molecule has 2 N–H and O–H groups in total. The van der Waals surface area contributed by atoms with Gasteiger partial charge < -0.3 is 5.73 Å². The molecule has 1 fully saturated rings. The normalized spacial score (nSPS) is 20.1. The zero-order valence-corrected chi connectivity index (χ0v) is 11.1. The Kier molecular flexibility index (Phi) is 5.18. The minimum Gasteiger partial charge on any atom is -0.327 e. The summed E-state index contributed by atoms with van der Waals surface area (Å²) in [7, 11) is 0. The molecule has 18 heavy (non-hydrogen) atoms. The first kappa shape index (κ1) is 13.5. The van der Waals surface area contributed by atoms with Gasteiger partial charge in [0.15, 0.2) is 0 Å². The summed E-state index contributed by atoms with van der Waals surface area (Å²) in [6.45, 7) is 0. The summed E-state index contributed by atoms with van der Waals surface area (Å²) in [5.41, 5.74) is 7.07. The number of benzene rings is 1. The number of halogens is 1. The first-order valence-corrected chi connectivity index (χ1v) is 7.26. The number of nitrogens with two attached hydrogens (primary N) is 1. The molecule has 0 spiro atoms. The van der Waals surface area contributed by atoms with Gasteiger partial charge in [-0.1, -0.05) is 50.3 Å². The monoisotopic (exact) mass is 249 g/mol. The number of hydrogen-bond acceptors (Lipinski definition) is 1. The maximum atomic E-state index is 13.6. The lowest BCUT2D eigenvalue weighted by molar-refractivity contribution is 0.320. The van der Waals surface area contributed by atoms with Crippen LogP contribution in [0.2, 0.25) is 0 Å². The summed E-state index contributed by atoms with van der Waals surface area (Å²) in [5, 5.41) is 0. The van der Waals surface area contributed by atoms with Crippen molar-refractivity contribution in [2.75, 3.05) is 0 Å². The van der Waals surface area contributed by atoms with Crippen LogP contribution in [0.5, 0.6) is 0 Å². The fourth-order valence-corrected chi connectivity index (χ4v) is 3.00. The molecule has 1 nitrogen and oxygen atoms in total. The van der Waals surface area contributed by atoms with E-state index < -0.39 is 0 Å². The molecule has 100 valence electrons.